The van der Waals surface area contributed by atoms with E-state index < -0.39 is 5.63 Å². The number of carbonyl (C=O) groups excluding carboxylic acids is 1. The van der Waals surface area contributed by atoms with Gasteiger partial charge < -0.3 is 14.4 Å². The van der Waals surface area contributed by atoms with Gasteiger partial charge in [-0.15, -0.1) is 0 Å². The lowest BCUT2D eigenvalue weighted by molar-refractivity contribution is -0.135. The Bertz CT molecular complexity index is 1250. The molecule has 0 radical (unpaired) electrons. The molecule has 1 aromatic heterocycles. The fourth-order valence-corrected chi connectivity index (χ4v) is 7.37. The molecule has 6 heteroatoms. The molecule has 1 N–H and O–H groups in total. The number of carbonyl (C=O) groups is 1. The van der Waals surface area contributed by atoms with Gasteiger partial charge in [0.25, 0.3) is 0 Å². The van der Waals surface area contributed by atoms with E-state index in [2.05, 4.69) is 15.9 Å². The summed E-state index contributed by atoms with van der Waals surface area (Å²) in [6, 6.07) is 4.26. The number of rotatable bonds is 2. The molecule has 1 aromatic carbocycles. The third-order valence-corrected chi connectivity index (χ3v) is 8.81. The van der Waals surface area contributed by atoms with Crippen LogP contribution in [0.15, 0.2) is 33.0 Å². The molecule has 4 heterocycles. The van der Waals surface area contributed by atoms with Crippen molar-refractivity contribution in [2.45, 2.75) is 70.9 Å². The van der Waals surface area contributed by atoms with Crippen LogP contribution in [0.1, 0.15) is 55.2 Å². The molecule has 34 heavy (non-hydrogen) atoms. The summed E-state index contributed by atoms with van der Waals surface area (Å²) >= 11 is 0. The summed E-state index contributed by atoms with van der Waals surface area (Å²) in [6.07, 6.45) is 9.68. The van der Waals surface area contributed by atoms with E-state index in [0.29, 0.717) is 40.0 Å². The number of phenolic OH excluding ortho intramolecular Hbond substituents is 1. The van der Waals surface area contributed by atoms with Crippen molar-refractivity contribution in [2.75, 3.05) is 19.6 Å². The maximum atomic E-state index is 13.7. The Morgan fingerprint density at radius 1 is 1.18 bits per heavy atom. The van der Waals surface area contributed by atoms with Crippen molar-refractivity contribution in [3.05, 3.63) is 50.9 Å². The van der Waals surface area contributed by atoms with E-state index in [0.717, 1.165) is 31.5 Å². The van der Waals surface area contributed by atoms with Crippen LogP contribution >= 0.6 is 0 Å². The summed E-state index contributed by atoms with van der Waals surface area (Å²) < 4.78 is 5.55. The molecule has 4 atom stereocenters. The third-order valence-electron chi connectivity index (χ3n) is 8.81. The minimum Gasteiger partial charge on any atom is -0.507 e. The normalized spacial score (nSPS) is 28.9. The molecule has 1 aliphatic carbocycles. The van der Waals surface area contributed by atoms with Crippen molar-refractivity contribution in [3.8, 4) is 5.75 Å². The van der Waals surface area contributed by atoms with Crippen molar-refractivity contribution < 1.29 is 14.3 Å². The summed E-state index contributed by atoms with van der Waals surface area (Å²) in [7, 11) is 0. The maximum Gasteiger partial charge on any atom is 0.340 e. The van der Waals surface area contributed by atoms with Crippen LogP contribution in [0.4, 0.5) is 0 Å². The Balaban J connectivity index is 1.31. The molecule has 3 fully saturated rings. The molecule has 0 unspecified atom stereocenters. The van der Waals surface area contributed by atoms with Crippen LogP contribution in [0.3, 0.4) is 0 Å². The average molecular weight is 463 g/mol. The number of nitrogens with zero attached hydrogens (tertiary/aromatic N) is 2. The fourth-order valence-electron chi connectivity index (χ4n) is 7.37. The Kier molecular flexibility index (Phi) is 5.32. The lowest BCUT2D eigenvalue weighted by Gasteiger charge is -2.54. The van der Waals surface area contributed by atoms with Crippen LogP contribution in [0.25, 0.3) is 11.0 Å². The molecule has 0 saturated carbocycles. The molecular weight excluding hydrogens is 428 g/mol. The van der Waals surface area contributed by atoms with E-state index in [4.69, 9.17) is 4.42 Å². The van der Waals surface area contributed by atoms with Gasteiger partial charge in [-0.2, -0.15) is 0 Å². The number of hydrogen-bond donors (Lipinski definition) is 1. The minimum absolute atomic E-state index is 0.00355. The van der Waals surface area contributed by atoms with Gasteiger partial charge in [0.15, 0.2) is 0 Å². The molecule has 1 amide bonds. The Hall–Kier alpha value is -2.60. The van der Waals surface area contributed by atoms with Crippen LogP contribution in [0, 0.1) is 25.7 Å². The second kappa shape index (κ2) is 8.26. The van der Waals surface area contributed by atoms with Crippen molar-refractivity contribution in [3.63, 3.8) is 0 Å². The van der Waals surface area contributed by atoms with Crippen LogP contribution in [-0.2, 0) is 11.2 Å². The van der Waals surface area contributed by atoms with Crippen LogP contribution in [0.2, 0.25) is 0 Å². The highest BCUT2D eigenvalue weighted by atomic mass is 16.4. The monoisotopic (exact) mass is 462 g/mol. The number of likely N-dealkylation sites (tertiary alicyclic amines) is 1. The summed E-state index contributed by atoms with van der Waals surface area (Å²) in [5.41, 5.74) is 3.16. The lowest BCUT2D eigenvalue weighted by atomic mass is 9.68. The molecule has 2 aromatic rings. The van der Waals surface area contributed by atoms with E-state index in [-0.39, 0.29) is 24.1 Å². The number of aryl methyl sites for hydroxylation is 2. The van der Waals surface area contributed by atoms with Gasteiger partial charge in [0.05, 0.1) is 23.4 Å². The fraction of sp³-hybridized carbons (Fsp3) is 0.571. The van der Waals surface area contributed by atoms with Crippen molar-refractivity contribution in [2.24, 2.45) is 11.8 Å². The first-order valence-electron chi connectivity index (χ1n) is 12.9. The Labute approximate surface area is 200 Å². The minimum atomic E-state index is -0.478. The largest absolute Gasteiger partial charge is 0.507 e. The van der Waals surface area contributed by atoms with Gasteiger partial charge in [0, 0.05) is 19.1 Å². The summed E-state index contributed by atoms with van der Waals surface area (Å²) in [4.78, 5) is 31.3. The quantitative estimate of drug-likeness (QED) is 0.538. The van der Waals surface area contributed by atoms with Gasteiger partial charge in [0.2, 0.25) is 5.91 Å². The SMILES string of the molecule is Cc1cc(O)c2c(C)c(CC(=O)N3CCCC4=C[C@@H]5C[C@@H](CN6CCCC[C@H]56)[C@@H]43)c(=O)oc2c1. The highest BCUT2D eigenvalue weighted by molar-refractivity contribution is 5.89. The van der Waals surface area contributed by atoms with Crippen molar-refractivity contribution in [1.82, 2.24) is 9.80 Å². The Morgan fingerprint density at radius 2 is 2.03 bits per heavy atom. The number of phenols is 1. The van der Waals surface area contributed by atoms with E-state index in [1.165, 1.54) is 37.8 Å². The van der Waals surface area contributed by atoms with Gasteiger partial charge in [-0.05, 0) is 87.6 Å². The predicted octanol–water partition coefficient (Wildman–Crippen LogP) is 4.08. The van der Waals surface area contributed by atoms with E-state index in [1.54, 1.807) is 19.1 Å². The molecule has 6 nitrogen and oxygen atoms in total. The van der Waals surface area contributed by atoms with E-state index >= 15 is 0 Å². The van der Waals surface area contributed by atoms with E-state index in [1.807, 2.05) is 6.92 Å². The zero-order valence-corrected chi connectivity index (χ0v) is 20.2. The van der Waals surface area contributed by atoms with Gasteiger partial charge in [0.1, 0.15) is 11.3 Å². The Morgan fingerprint density at radius 3 is 2.88 bits per heavy atom. The molecule has 2 bridgehead atoms. The van der Waals surface area contributed by atoms with Gasteiger partial charge in [-0.3, -0.25) is 9.69 Å². The maximum absolute atomic E-state index is 13.7. The third kappa shape index (κ3) is 3.49. The average Bonchev–Trinajstić information content (AvgIpc) is 2.80. The molecule has 3 aliphatic heterocycles. The number of fused-ring (bicyclic) bond motifs is 7. The second-order valence-corrected chi connectivity index (χ2v) is 10.9. The molecule has 180 valence electrons. The van der Waals surface area contributed by atoms with Crippen molar-refractivity contribution >= 4 is 16.9 Å². The summed E-state index contributed by atoms with van der Waals surface area (Å²) in [5, 5.41) is 11.0. The smallest absolute Gasteiger partial charge is 0.340 e. The lowest BCUT2D eigenvalue weighted by Crippen LogP contribution is -2.60. The first-order chi connectivity index (χ1) is 16.4. The van der Waals surface area contributed by atoms with Gasteiger partial charge >= 0.3 is 5.63 Å². The number of piperidine rings is 3. The van der Waals surface area contributed by atoms with Gasteiger partial charge in [-0.1, -0.05) is 18.1 Å². The molecular formula is C28H34N2O4. The van der Waals surface area contributed by atoms with Crippen LogP contribution < -0.4 is 5.63 Å². The number of benzene rings is 1. The topological polar surface area (TPSA) is 74.0 Å². The zero-order chi connectivity index (χ0) is 23.6. The van der Waals surface area contributed by atoms with Crippen molar-refractivity contribution in [1.29, 1.82) is 0 Å². The van der Waals surface area contributed by atoms with Crippen LogP contribution in [0.5, 0.6) is 5.75 Å². The standard InChI is InChI=1S/C28H34N2O4/c1-16-10-23(31)26-17(2)21(28(33)34-24(26)11-16)14-25(32)30-9-5-6-18-12-19-13-20(27(18)30)15-29-8-4-3-7-22(19)29/h10-12,19-20,22,27,31H,3-9,13-15H2,1-2H3/t19-,20+,22-,27-/m1/s1. The zero-order valence-electron chi connectivity index (χ0n) is 20.2. The summed E-state index contributed by atoms with van der Waals surface area (Å²) in [6.45, 7) is 6.66. The molecule has 4 aliphatic rings. The van der Waals surface area contributed by atoms with Gasteiger partial charge in [-0.25, -0.2) is 4.79 Å². The van der Waals surface area contributed by atoms with E-state index in [9.17, 15) is 14.7 Å². The predicted molar refractivity (Wildman–Crippen MR) is 131 cm³/mol. The number of hydrogen-bond acceptors (Lipinski definition) is 5. The second-order valence-electron chi connectivity index (χ2n) is 10.9. The highest BCUT2D eigenvalue weighted by Gasteiger charge is 2.46. The molecule has 3 saturated heterocycles. The first kappa shape index (κ1) is 21.9. The molecule has 6 rings (SSSR count). The molecule has 0 spiro atoms. The number of aromatic hydroxyl groups is 1. The summed E-state index contributed by atoms with van der Waals surface area (Å²) in [5.74, 6) is 1.19. The first-order valence-corrected chi connectivity index (χ1v) is 12.9. The number of amides is 1. The highest BCUT2D eigenvalue weighted by Crippen LogP contribution is 2.45. The van der Waals surface area contributed by atoms with Crippen LogP contribution in [-0.4, -0.2) is 52.5 Å².